The van der Waals surface area contributed by atoms with E-state index in [2.05, 4.69) is 20.3 Å². The molecule has 142 valence electrons. The Morgan fingerprint density at radius 1 is 1.58 bits per heavy atom. The van der Waals surface area contributed by atoms with Gasteiger partial charge in [-0.2, -0.15) is 5.10 Å². The number of hydrogen-bond acceptors (Lipinski definition) is 5. The Kier molecular flexibility index (Phi) is 6.53. The van der Waals surface area contributed by atoms with Crippen LogP contribution in [0.3, 0.4) is 0 Å². The summed E-state index contributed by atoms with van der Waals surface area (Å²) in [5, 5.41) is 17.9. The summed E-state index contributed by atoms with van der Waals surface area (Å²) >= 11 is 7.32. The SMILES string of the molecule is CCNC(=NCC(O)c1ccc(Cl)s1)N1CCOC(c2cnn(C)c2)C1. The summed E-state index contributed by atoms with van der Waals surface area (Å²) in [6.07, 6.45) is 3.11. The summed E-state index contributed by atoms with van der Waals surface area (Å²) in [5.41, 5.74) is 1.06. The Morgan fingerprint density at radius 2 is 2.42 bits per heavy atom. The maximum Gasteiger partial charge on any atom is 0.194 e. The predicted molar refractivity (Wildman–Crippen MR) is 104 cm³/mol. The van der Waals surface area contributed by atoms with Gasteiger partial charge in [0.15, 0.2) is 5.96 Å². The number of aliphatic hydroxyl groups excluding tert-OH is 1. The number of guanidine groups is 1. The van der Waals surface area contributed by atoms with E-state index in [4.69, 9.17) is 16.3 Å². The molecule has 2 atom stereocenters. The lowest BCUT2D eigenvalue weighted by atomic mass is 10.1. The monoisotopic (exact) mass is 397 g/mol. The zero-order valence-electron chi connectivity index (χ0n) is 14.9. The van der Waals surface area contributed by atoms with E-state index in [-0.39, 0.29) is 12.6 Å². The summed E-state index contributed by atoms with van der Waals surface area (Å²) in [6.45, 7) is 5.14. The van der Waals surface area contributed by atoms with E-state index < -0.39 is 6.10 Å². The number of aliphatic hydroxyl groups is 1. The third kappa shape index (κ3) is 4.76. The number of aliphatic imine (C=N–C) groups is 1. The average Bonchev–Trinajstić information content (AvgIpc) is 3.27. The minimum Gasteiger partial charge on any atom is -0.386 e. The minimum absolute atomic E-state index is 0.0395. The van der Waals surface area contributed by atoms with Gasteiger partial charge in [-0.05, 0) is 19.1 Å². The van der Waals surface area contributed by atoms with Crippen LogP contribution >= 0.6 is 22.9 Å². The van der Waals surface area contributed by atoms with Gasteiger partial charge >= 0.3 is 0 Å². The maximum atomic E-state index is 10.3. The normalized spacial score (nSPS) is 19.6. The van der Waals surface area contributed by atoms with E-state index in [1.807, 2.05) is 32.4 Å². The van der Waals surface area contributed by atoms with Gasteiger partial charge < -0.3 is 20.1 Å². The fraction of sp³-hybridized carbons (Fsp3) is 0.529. The summed E-state index contributed by atoms with van der Waals surface area (Å²) in [6, 6.07) is 3.63. The van der Waals surface area contributed by atoms with Gasteiger partial charge in [-0.1, -0.05) is 11.6 Å². The Balaban J connectivity index is 1.67. The van der Waals surface area contributed by atoms with E-state index in [0.717, 1.165) is 29.5 Å². The number of nitrogens with zero attached hydrogens (tertiary/aromatic N) is 4. The number of aromatic nitrogens is 2. The van der Waals surface area contributed by atoms with Crippen molar-refractivity contribution < 1.29 is 9.84 Å². The third-order valence-electron chi connectivity index (χ3n) is 4.13. The molecule has 2 aromatic rings. The van der Waals surface area contributed by atoms with Gasteiger partial charge in [0.25, 0.3) is 0 Å². The zero-order valence-corrected chi connectivity index (χ0v) is 16.5. The minimum atomic E-state index is -0.656. The Bertz CT molecular complexity index is 747. The number of halogens is 1. The van der Waals surface area contributed by atoms with Crippen molar-refractivity contribution in [3.05, 3.63) is 39.3 Å². The van der Waals surface area contributed by atoms with Crippen LogP contribution in [0.1, 0.15) is 29.6 Å². The lowest BCUT2D eigenvalue weighted by Gasteiger charge is -2.35. The highest BCUT2D eigenvalue weighted by Crippen LogP contribution is 2.27. The number of ether oxygens (including phenoxy) is 1. The standard InChI is InChI=1S/C17H24ClN5O2S/c1-3-19-17(20-9-13(24)15-4-5-16(18)26-15)23-6-7-25-14(11-23)12-8-21-22(2)10-12/h4-5,8,10,13-14,24H,3,6-7,9,11H2,1-2H3,(H,19,20). The number of nitrogens with one attached hydrogen (secondary N) is 1. The molecular formula is C17H24ClN5O2S. The van der Waals surface area contributed by atoms with Gasteiger partial charge in [-0.15, -0.1) is 11.3 Å². The highest BCUT2D eigenvalue weighted by Gasteiger charge is 2.25. The fourth-order valence-electron chi connectivity index (χ4n) is 2.85. The summed E-state index contributed by atoms with van der Waals surface area (Å²) in [7, 11) is 1.90. The van der Waals surface area contributed by atoms with Crippen molar-refractivity contribution in [1.29, 1.82) is 0 Å². The molecule has 26 heavy (non-hydrogen) atoms. The maximum absolute atomic E-state index is 10.3. The highest BCUT2D eigenvalue weighted by molar-refractivity contribution is 7.16. The highest BCUT2D eigenvalue weighted by atomic mass is 35.5. The van der Waals surface area contributed by atoms with E-state index >= 15 is 0 Å². The molecule has 1 aliphatic heterocycles. The van der Waals surface area contributed by atoms with Crippen molar-refractivity contribution in [2.24, 2.45) is 12.0 Å². The van der Waals surface area contributed by atoms with Crippen LogP contribution in [-0.4, -0.2) is 58.5 Å². The molecule has 0 spiro atoms. The van der Waals surface area contributed by atoms with E-state index in [1.165, 1.54) is 11.3 Å². The van der Waals surface area contributed by atoms with Crippen LogP contribution in [-0.2, 0) is 11.8 Å². The van der Waals surface area contributed by atoms with Gasteiger partial charge in [0.1, 0.15) is 12.2 Å². The molecule has 0 aliphatic carbocycles. The molecule has 9 heteroatoms. The largest absolute Gasteiger partial charge is 0.386 e. The first-order chi connectivity index (χ1) is 12.6. The van der Waals surface area contributed by atoms with Crippen LogP contribution < -0.4 is 5.32 Å². The lowest BCUT2D eigenvalue weighted by Crippen LogP contribution is -2.48. The molecule has 1 aliphatic rings. The van der Waals surface area contributed by atoms with Crippen LogP contribution in [0.5, 0.6) is 0 Å². The molecule has 0 radical (unpaired) electrons. The molecule has 3 heterocycles. The molecule has 1 fully saturated rings. The molecule has 2 aromatic heterocycles. The van der Waals surface area contributed by atoms with Gasteiger partial charge in [0, 0.05) is 36.8 Å². The molecule has 7 nitrogen and oxygen atoms in total. The van der Waals surface area contributed by atoms with Crippen LogP contribution in [0.4, 0.5) is 0 Å². The number of rotatable bonds is 5. The van der Waals surface area contributed by atoms with Crippen molar-refractivity contribution in [3.8, 4) is 0 Å². The average molecular weight is 398 g/mol. The summed E-state index contributed by atoms with van der Waals surface area (Å²) < 4.78 is 8.34. The first kappa shape index (κ1) is 19.2. The van der Waals surface area contributed by atoms with Crippen molar-refractivity contribution in [3.63, 3.8) is 0 Å². The van der Waals surface area contributed by atoms with Crippen molar-refractivity contribution in [2.45, 2.75) is 19.1 Å². The second-order valence-electron chi connectivity index (χ2n) is 6.11. The predicted octanol–water partition coefficient (Wildman–Crippen LogP) is 2.21. The molecule has 3 rings (SSSR count). The molecule has 0 saturated carbocycles. The van der Waals surface area contributed by atoms with Gasteiger partial charge in [-0.3, -0.25) is 9.67 Å². The second kappa shape index (κ2) is 8.85. The second-order valence-corrected chi connectivity index (χ2v) is 7.85. The van der Waals surface area contributed by atoms with Crippen molar-refractivity contribution in [2.75, 3.05) is 32.8 Å². The molecule has 2 N–H and O–H groups in total. The van der Waals surface area contributed by atoms with Gasteiger partial charge in [0.05, 0.1) is 30.2 Å². The molecule has 0 bridgehead atoms. The van der Waals surface area contributed by atoms with Crippen LogP contribution in [0.15, 0.2) is 29.5 Å². The summed E-state index contributed by atoms with van der Waals surface area (Å²) in [5.74, 6) is 0.784. The van der Waals surface area contributed by atoms with Crippen molar-refractivity contribution in [1.82, 2.24) is 20.0 Å². The molecule has 0 amide bonds. The molecule has 1 saturated heterocycles. The summed E-state index contributed by atoms with van der Waals surface area (Å²) in [4.78, 5) is 7.61. The van der Waals surface area contributed by atoms with Crippen LogP contribution in [0, 0.1) is 0 Å². The Labute approximate surface area is 162 Å². The number of aryl methyl sites for hydroxylation is 1. The van der Waals surface area contributed by atoms with E-state index in [9.17, 15) is 5.11 Å². The topological polar surface area (TPSA) is 74.9 Å². The third-order valence-corrected chi connectivity index (χ3v) is 5.47. The smallest absolute Gasteiger partial charge is 0.194 e. The van der Waals surface area contributed by atoms with Crippen LogP contribution in [0.25, 0.3) is 0 Å². The van der Waals surface area contributed by atoms with Crippen molar-refractivity contribution >= 4 is 28.9 Å². The Hall–Kier alpha value is -1.61. The fourth-order valence-corrected chi connectivity index (χ4v) is 3.88. The van der Waals surface area contributed by atoms with Crippen LogP contribution in [0.2, 0.25) is 4.34 Å². The zero-order chi connectivity index (χ0) is 18.5. The first-order valence-corrected chi connectivity index (χ1v) is 9.83. The lowest BCUT2D eigenvalue weighted by molar-refractivity contribution is -0.00810. The molecule has 2 unspecified atom stereocenters. The first-order valence-electron chi connectivity index (χ1n) is 8.63. The van der Waals surface area contributed by atoms with Gasteiger partial charge in [-0.25, -0.2) is 0 Å². The molecule has 0 aromatic carbocycles. The van der Waals surface area contributed by atoms with Gasteiger partial charge in [0.2, 0.25) is 0 Å². The molecular weight excluding hydrogens is 374 g/mol. The van der Waals surface area contributed by atoms with E-state index in [1.54, 1.807) is 10.7 Å². The number of thiophene rings is 1. The van der Waals surface area contributed by atoms with E-state index in [0.29, 0.717) is 17.5 Å². The number of hydrogen-bond donors (Lipinski definition) is 2. The number of morpholine rings is 1. The Morgan fingerprint density at radius 3 is 3.08 bits per heavy atom. The quantitative estimate of drug-likeness (QED) is 0.597.